The average Bonchev–Trinajstić information content (AvgIpc) is 2.01. The zero-order valence-electron chi connectivity index (χ0n) is 6.27. The maximum Gasteiger partial charge on any atom is 0.240 e. The monoisotopic (exact) mass is 229 g/mol. The van der Waals surface area contributed by atoms with Gasteiger partial charge in [0.1, 0.15) is 5.82 Å². The summed E-state index contributed by atoms with van der Waals surface area (Å²) >= 11 is 3.14. The van der Waals surface area contributed by atoms with Gasteiger partial charge >= 0.3 is 0 Å². The van der Waals surface area contributed by atoms with Crippen molar-refractivity contribution in [1.82, 2.24) is 0 Å². The molecule has 1 aromatic rings. The third-order valence-corrected chi connectivity index (χ3v) is 2.26. The second-order valence-corrected chi connectivity index (χ2v) is 3.09. The molecule has 12 heavy (non-hydrogen) atoms. The normalized spacial score (nSPS) is 9.25. The van der Waals surface area contributed by atoms with Crippen LogP contribution in [0.15, 0.2) is 21.6 Å². The number of rotatable bonds is 1. The Bertz CT molecular complexity index is 335. The quantitative estimate of drug-likeness (QED) is 0.538. The average molecular weight is 230 g/mol. The second-order valence-electron chi connectivity index (χ2n) is 2.24. The van der Waals surface area contributed by atoms with Crippen molar-refractivity contribution in [2.45, 2.75) is 6.92 Å². The van der Waals surface area contributed by atoms with Gasteiger partial charge in [-0.15, -0.1) is 0 Å². The Labute approximate surface area is 77.3 Å². The van der Waals surface area contributed by atoms with Gasteiger partial charge < -0.3 is 0 Å². The van der Waals surface area contributed by atoms with Crippen LogP contribution in [-0.2, 0) is 4.79 Å². The highest BCUT2D eigenvalue weighted by molar-refractivity contribution is 9.10. The van der Waals surface area contributed by atoms with E-state index < -0.39 is 5.82 Å². The smallest absolute Gasteiger partial charge is 0.211 e. The topological polar surface area (TPSA) is 29.4 Å². The lowest BCUT2D eigenvalue weighted by molar-refractivity contribution is 0.565. The van der Waals surface area contributed by atoms with E-state index in [0.29, 0.717) is 10.0 Å². The van der Waals surface area contributed by atoms with Crippen molar-refractivity contribution in [2.75, 3.05) is 0 Å². The Balaban J connectivity index is 3.30. The predicted octanol–water partition coefficient (Wildman–Crippen LogP) is 2.86. The van der Waals surface area contributed by atoms with Gasteiger partial charge in [0.15, 0.2) is 0 Å². The Morgan fingerprint density at radius 3 is 2.75 bits per heavy atom. The summed E-state index contributed by atoms with van der Waals surface area (Å²) in [4.78, 5) is 13.1. The highest BCUT2D eigenvalue weighted by Gasteiger charge is 2.03. The third-order valence-electron chi connectivity index (χ3n) is 1.44. The highest BCUT2D eigenvalue weighted by atomic mass is 79.9. The molecule has 0 N–H and O–H groups in total. The standard InChI is InChI=1S/C8H5BrFNO/c1-5-7(9)2-6(11-4-12)3-8(5)10/h2-3H,1H3. The molecule has 4 heteroatoms. The third kappa shape index (κ3) is 1.78. The molecule has 0 unspecified atom stereocenters. The Kier molecular flexibility index (Phi) is 2.74. The van der Waals surface area contributed by atoms with Gasteiger partial charge in [-0.25, -0.2) is 9.18 Å². The van der Waals surface area contributed by atoms with E-state index in [-0.39, 0.29) is 5.69 Å². The van der Waals surface area contributed by atoms with Gasteiger partial charge in [0.05, 0.1) is 5.69 Å². The van der Waals surface area contributed by atoms with E-state index in [2.05, 4.69) is 20.9 Å². The lowest BCUT2D eigenvalue weighted by atomic mass is 10.2. The molecule has 2 nitrogen and oxygen atoms in total. The van der Waals surface area contributed by atoms with Crippen LogP contribution >= 0.6 is 15.9 Å². The molecule has 0 radical (unpaired) electrons. The van der Waals surface area contributed by atoms with Crippen LogP contribution in [0.3, 0.4) is 0 Å². The SMILES string of the molecule is Cc1c(F)cc(N=C=O)cc1Br. The van der Waals surface area contributed by atoms with Crippen molar-refractivity contribution >= 4 is 27.7 Å². The molecular formula is C8H5BrFNO. The number of aliphatic imine (C=N–C) groups is 1. The zero-order chi connectivity index (χ0) is 9.14. The molecule has 0 spiro atoms. The Morgan fingerprint density at radius 2 is 2.25 bits per heavy atom. The zero-order valence-corrected chi connectivity index (χ0v) is 7.85. The van der Waals surface area contributed by atoms with Crippen molar-refractivity contribution < 1.29 is 9.18 Å². The van der Waals surface area contributed by atoms with Gasteiger partial charge in [-0.1, -0.05) is 15.9 Å². The molecule has 62 valence electrons. The van der Waals surface area contributed by atoms with E-state index in [0.717, 1.165) is 0 Å². The maximum atomic E-state index is 12.9. The first-order valence-electron chi connectivity index (χ1n) is 3.18. The first kappa shape index (κ1) is 9.10. The van der Waals surface area contributed by atoms with E-state index in [1.165, 1.54) is 12.1 Å². The minimum Gasteiger partial charge on any atom is -0.211 e. The lowest BCUT2D eigenvalue weighted by Gasteiger charge is -1.99. The molecule has 0 aliphatic rings. The fourth-order valence-corrected chi connectivity index (χ4v) is 1.17. The number of hydrogen-bond acceptors (Lipinski definition) is 2. The van der Waals surface area contributed by atoms with Crippen LogP contribution in [0, 0.1) is 12.7 Å². The Morgan fingerprint density at radius 1 is 1.58 bits per heavy atom. The summed E-state index contributed by atoms with van der Waals surface area (Å²) < 4.78 is 13.5. The summed E-state index contributed by atoms with van der Waals surface area (Å²) in [6.07, 6.45) is 1.35. The van der Waals surface area contributed by atoms with Crippen molar-refractivity contribution in [1.29, 1.82) is 0 Å². The summed E-state index contributed by atoms with van der Waals surface area (Å²) in [6, 6.07) is 2.74. The summed E-state index contributed by atoms with van der Waals surface area (Å²) in [5, 5.41) is 0. The van der Waals surface area contributed by atoms with Gasteiger partial charge in [0.2, 0.25) is 6.08 Å². The molecule has 1 rings (SSSR count). The molecule has 0 aliphatic heterocycles. The Hall–Kier alpha value is -0.990. The summed E-state index contributed by atoms with van der Waals surface area (Å²) in [7, 11) is 0. The molecule has 0 bridgehead atoms. The number of nitrogens with zero attached hydrogens (tertiary/aromatic N) is 1. The minimum atomic E-state index is -0.390. The molecule has 0 amide bonds. The van der Waals surface area contributed by atoms with Gasteiger partial charge in [0.25, 0.3) is 0 Å². The van der Waals surface area contributed by atoms with Crippen molar-refractivity contribution in [3.8, 4) is 0 Å². The predicted molar refractivity (Wildman–Crippen MR) is 46.6 cm³/mol. The largest absolute Gasteiger partial charge is 0.240 e. The van der Waals surface area contributed by atoms with Gasteiger partial charge in [-0.2, -0.15) is 4.99 Å². The van der Waals surface area contributed by atoms with Gasteiger partial charge in [-0.3, -0.25) is 0 Å². The summed E-state index contributed by atoms with van der Waals surface area (Å²) in [5.41, 5.74) is 0.764. The molecule has 0 atom stereocenters. The van der Waals surface area contributed by atoms with Gasteiger partial charge in [0, 0.05) is 10.5 Å². The van der Waals surface area contributed by atoms with Crippen LogP contribution < -0.4 is 0 Å². The molecule has 1 aromatic carbocycles. The van der Waals surface area contributed by atoms with E-state index >= 15 is 0 Å². The van der Waals surface area contributed by atoms with Gasteiger partial charge in [-0.05, 0) is 18.6 Å². The van der Waals surface area contributed by atoms with Crippen LogP contribution in [0.5, 0.6) is 0 Å². The first-order valence-corrected chi connectivity index (χ1v) is 3.98. The van der Waals surface area contributed by atoms with Crippen LogP contribution in [0.4, 0.5) is 10.1 Å². The van der Waals surface area contributed by atoms with E-state index in [1.54, 1.807) is 13.0 Å². The molecule has 0 heterocycles. The fraction of sp³-hybridized carbons (Fsp3) is 0.125. The first-order chi connectivity index (χ1) is 5.65. The number of halogens is 2. The van der Waals surface area contributed by atoms with Crippen molar-refractivity contribution in [2.24, 2.45) is 4.99 Å². The number of benzene rings is 1. The fourth-order valence-electron chi connectivity index (χ4n) is 0.749. The van der Waals surface area contributed by atoms with E-state index in [1.807, 2.05) is 0 Å². The van der Waals surface area contributed by atoms with E-state index in [9.17, 15) is 9.18 Å². The lowest BCUT2D eigenvalue weighted by Crippen LogP contribution is -1.82. The molecule has 0 saturated carbocycles. The van der Waals surface area contributed by atoms with Crippen molar-refractivity contribution in [3.63, 3.8) is 0 Å². The molecule has 0 aliphatic carbocycles. The number of isocyanates is 1. The van der Waals surface area contributed by atoms with Crippen LogP contribution in [-0.4, -0.2) is 6.08 Å². The molecular weight excluding hydrogens is 225 g/mol. The minimum absolute atomic E-state index is 0.264. The summed E-state index contributed by atoms with van der Waals surface area (Å²) in [5.74, 6) is -0.390. The maximum absolute atomic E-state index is 12.9. The molecule has 0 aromatic heterocycles. The number of carbonyl (C=O) groups excluding carboxylic acids is 1. The van der Waals surface area contributed by atoms with Crippen LogP contribution in [0.2, 0.25) is 0 Å². The molecule has 0 saturated heterocycles. The highest BCUT2D eigenvalue weighted by Crippen LogP contribution is 2.25. The number of hydrogen-bond donors (Lipinski definition) is 0. The van der Waals surface area contributed by atoms with Crippen LogP contribution in [0.25, 0.3) is 0 Å². The molecule has 0 fully saturated rings. The van der Waals surface area contributed by atoms with Crippen LogP contribution in [0.1, 0.15) is 5.56 Å². The van der Waals surface area contributed by atoms with Crippen molar-refractivity contribution in [3.05, 3.63) is 28.0 Å². The second kappa shape index (κ2) is 3.61. The van der Waals surface area contributed by atoms with E-state index in [4.69, 9.17) is 0 Å². The summed E-state index contributed by atoms with van der Waals surface area (Å²) in [6.45, 7) is 1.63.